The van der Waals surface area contributed by atoms with E-state index in [0.29, 0.717) is 10.3 Å². The van der Waals surface area contributed by atoms with Crippen molar-refractivity contribution in [2.45, 2.75) is 118 Å². The SMILES string of the molecule is CC(C)(C)P(C[C]12[CH]3[C]4([Si](C)(C)C)[CH]5[C]1(CP(c1ccccn1)c1ccccn1)[Fe]53241678[CH]2[CH]1[CH]6[CH]7[CH]28)C(C)(C)C. The molecule has 6 heteroatoms. The average molecular weight is 617 g/mol. The van der Waals surface area contributed by atoms with Crippen LogP contribution >= 0.6 is 15.8 Å². The molecule has 0 radical (unpaired) electrons. The summed E-state index contributed by atoms with van der Waals surface area (Å²) in [6.07, 6.45) is 7.28. The van der Waals surface area contributed by atoms with Gasteiger partial charge in [0, 0.05) is 0 Å². The number of hydrogen-bond donors (Lipinski definition) is 0. The molecule has 5 atom stereocenters. The summed E-state index contributed by atoms with van der Waals surface area (Å²) in [5.74, 6) is 0. The summed E-state index contributed by atoms with van der Waals surface area (Å²) in [6, 6.07) is 13.4. The third kappa shape index (κ3) is 0.562. The van der Waals surface area contributed by atoms with Crippen LogP contribution in [0.4, 0.5) is 0 Å². The zero-order valence-corrected chi connectivity index (χ0v) is 29.1. The van der Waals surface area contributed by atoms with Crippen LogP contribution in [0.15, 0.2) is 48.8 Å². The summed E-state index contributed by atoms with van der Waals surface area (Å²) in [6.45, 7) is 20.4. The zero-order valence-electron chi connectivity index (χ0n) is 25.2. The number of aromatic nitrogens is 2. The third-order valence-corrected chi connectivity index (χ3v) is 81.7. The fourth-order valence-corrected chi connectivity index (χ4v) is 142. The maximum absolute atomic E-state index is 5.09. The van der Waals surface area contributed by atoms with Crippen LogP contribution in [0.3, 0.4) is 0 Å². The van der Waals surface area contributed by atoms with E-state index in [2.05, 4.69) is 110 Å². The normalized spacial score (nSPS) is 64.0. The van der Waals surface area contributed by atoms with Crippen molar-refractivity contribution in [3.05, 3.63) is 48.8 Å². The average Bonchev–Trinajstić information content (AvgIpc) is 3.80. The minimum absolute atomic E-state index is 0.0460. The van der Waals surface area contributed by atoms with E-state index in [1.807, 2.05) is 0 Å². The molecule has 2 aromatic heterocycles. The molecule has 0 bridgehead atoms. The topological polar surface area (TPSA) is 25.8 Å². The summed E-state index contributed by atoms with van der Waals surface area (Å²) in [5.41, 5.74) is 2.74. The van der Waals surface area contributed by atoms with Crippen molar-refractivity contribution in [3.63, 3.8) is 0 Å². The Morgan fingerprint density at radius 1 is 0.718 bits per heavy atom. The second kappa shape index (κ2) is 3.25. The Kier molecular flexibility index (Phi) is 1.87. The second-order valence-corrected chi connectivity index (χ2v) is 55.1. The molecule has 0 saturated carbocycles. The zero-order chi connectivity index (χ0) is 27.2. The van der Waals surface area contributed by atoms with E-state index in [9.17, 15) is 0 Å². The van der Waals surface area contributed by atoms with Crippen LogP contribution in [0.25, 0.3) is 0 Å². The van der Waals surface area contributed by atoms with E-state index in [4.69, 9.17) is 9.97 Å². The molecule has 5 unspecified atom stereocenters. The first-order valence-corrected chi connectivity index (χ1v) is 28.2. The molecular formula is C33H46FeN2P2Si. The van der Waals surface area contributed by atoms with Crippen LogP contribution in [-0.4, -0.2) is 40.7 Å². The second-order valence-electron chi connectivity index (χ2n) is 20.3. The van der Waals surface area contributed by atoms with Crippen molar-refractivity contribution in [3.8, 4) is 0 Å². The molecule has 10 saturated heterocycles. The summed E-state index contributed by atoms with van der Waals surface area (Å²) in [7, 11) is -1.80. The number of hydrogen-bond acceptors (Lipinski definition) is 2. The molecule has 12 rings (SSSR count). The van der Waals surface area contributed by atoms with Gasteiger partial charge in [-0.2, -0.15) is 0 Å². The van der Waals surface area contributed by atoms with Crippen LogP contribution < -0.4 is 10.9 Å². The first kappa shape index (κ1) is 22.4. The first-order chi connectivity index (χ1) is 18.0. The van der Waals surface area contributed by atoms with E-state index in [0.717, 1.165) is 12.6 Å². The van der Waals surface area contributed by atoms with E-state index in [1.165, 1.54) is 50.7 Å². The van der Waals surface area contributed by atoms with Crippen LogP contribution in [-0.2, 0) is 6.51 Å². The fourth-order valence-electron chi connectivity index (χ4n) is 24.0. The third-order valence-electron chi connectivity index (χ3n) is 21.0. The van der Waals surface area contributed by atoms with Gasteiger partial charge in [-0.1, -0.05) is 0 Å². The first-order valence-electron chi connectivity index (χ1n) is 15.6. The van der Waals surface area contributed by atoms with E-state index >= 15 is 0 Å². The summed E-state index contributed by atoms with van der Waals surface area (Å²) >= 11 is 0. The van der Waals surface area contributed by atoms with Gasteiger partial charge in [-0.25, -0.2) is 0 Å². The maximum atomic E-state index is 5.09. The predicted molar refractivity (Wildman–Crippen MR) is 168 cm³/mol. The Balaban J connectivity index is 1.13. The molecule has 10 fully saturated rings. The Morgan fingerprint density at radius 3 is 1.49 bits per heavy atom. The molecule has 210 valence electrons. The van der Waals surface area contributed by atoms with Gasteiger partial charge in [0.15, 0.2) is 0 Å². The van der Waals surface area contributed by atoms with Gasteiger partial charge in [0.2, 0.25) is 0 Å². The number of nitrogens with zero attached hydrogens (tertiary/aromatic N) is 2. The monoisotopic (exact) mass is 616 g/mol. The van der Waals surface area contributed by atoms with Gasteiger partial charge in [-0.3, -0.25) is 0 Å². The molecule has 0 aromatic carbocycles. The van der Waals surface area contributed by atoms with Crippen LogP contribution in [0, 0.1) is 0 Å². The van der Waals surface area contributed by atoms with Crippen molar-refractivity contribution in [2.24, 2.45) is 0 Å². The van der Waals surface area contributed by atoms with Gasteiger partial charge in [-0.15, -0.1) is 0 Å². The summed E-state index contributed by atoms with van der Waals surface area (Å²) in [4.78, 5) is 19.4. The van der Waals surface area contributed by atoms with Crippen molar-refractivity contribution in [1.82, 2.24) is 9.97 Å². The van der Waals surface area contributed by atoms with Crippen LogP contribution in [0.2, 0.25) is 65.9 Å². The minimum atomic E-state index is -3.85. The summed E-state index contributed by atoms with van der Waals surface area (Å²) in [5, 5.41) is 0.879. The van der Waals surface area contributed by atoms with Gasteiger partial charge < -0.3 is 0 Å². The molecular weight excluding hydrogens is 570 g/mol. The molecule has 10 aliphatic rings. The van der Waals surface area contributed by atoms with Gasteiger partial charge in [0.1, 0.15) is 0 Å². The molecule has 10 aliphatic heterocycles. The number of rotatable bonds is 7. The van der Waals surface area contributed by atoms with Gasteiger partial charge in [0.05, 0.1) is 0 Å². The Hall–Kier alpha value is -0.104. The standard InChI is InChI=1S/C28H41N2P2Si.C5H5.Fe/c1-27(2,3)32(28(4,5)6)21-23-19-24(33(7,8)9)18-22(23)20-31(25-14-10-12-16-29-25)26-15-11-13-17-30-26;1-2-4-5-3-1;/h10-19H,20-21H2,1-9H3;1-5H;. The van der Waals surface area contributed by atoms with Crippen LogP contribution in [0.5, 0.6) is 0 Å². The molecule has 2 nitrogen and oxygen atoms in total. The molecule has 1 spiro atoms. The molecule has 2 aromatic rings. The quantitative estimate of drug-likeness (QED) is 0.229. The van der Waals surface area contributed by atoms with Gasteiger partial charge in [0.25, 0.3) is 0 Å². The molecule has 39 heavy (non-hydrogen) atoms. The van der Waals surface area contributed by atoms with Crippen LogP contribution in [0.1, 0.15) is 41.5 Å². The van der Waals surface area contributed by atoms with Crippen molar-refractivity contribution in [2.75, 3.05) is 12.3 Å². The van der Waals surface area contributed by atoms with E-state index in [-0.39, 0.29) is 7.92 Å². The van der Waals surface area contributed by atoms with Gasteiger partial charge >= 0.3 is 230 Å². The Morgan fingerprint density at radius 2 is 1.15 bits per heavy atom. The fraction of sp³-hybridized carbons (Fsp3) is 0.697. The number of pyridine rings is 2. The molecule has 0 aliphatic carbocycles. The van der Waals surface area contributed by atoms with Crippen molar-refractivity contribution in [1.29, 1.82) is 0 Å². The predicted octanol–water partition coefficient (Wildman–Crippen LogP) is 9.37. The van der Waals surface area contributed by atoms with Gasteiger partial charge in [-0.05, 0) is 0 Å². The van der Waals surface area contributed by atoms with E-state index in [1.54, 1.807) is 6.16 Å². The summed E-state index contributed by atoms with van der Waals surface area (Å²) < 4.78 is 2.65. The molecule has 0 N–H and O–H groups in total. The van der Waals surface area contributed by atoms with E-state index < -0.39 is 22.5 Å². The Bertz CT molecular complexity index is 1890. The Labute approximate surface area is 229 Å². The number of fused-ring (bicyclic) bond motifs is 10. The van der Waals surface area contributed by atoms with Crippen molar-refractivity contribution < 1.29 is 6.51 Å². The molecule has 0 amide bonds. The molecule has 12 heterocycles. The van der Waals surface area contributed by atoms with Crippen molar-refractivity contribution >= 4 is 34.8 Å².